The van der Waals surface area contributed by atoms with Crippen LogP contribution in [0.15, 0.2) is 12.1 Å². The Balaban J connectivity index is 3.17. The molecular weight excluding hydrogens is 197 g/mol. The quantitative estimate of drug-likeness (QED) is 0.805. The molecule has 0 radical (unpaired) electrons. The number of anilines is 1. The van der Waals surface area contributed by atoms with Gasteiger partial charge in [-0.1, -0.05) is 0 Å². The molecule has 1 aromatic rings. The largest absolute Gasteiger partial charge is 0.481 e. The Labute approximate surface area is 78.9 Å². The molecule has 14 heavy (non-hydrogen) atoms. The number of aromatic nitrogens is 1. The summed E-state index contributed by atoms with van der Waals surface area (Å²) in [6.45, 7) is 0. The summed E-state index contributed by atoms with van der Waals surface area (Å²) in [7, 11) is 2.75. The minimum absolute atomic E-state index is 0.0656. The van der Waals surface area contributed by atoms with E-state index in [1.54, 1.807) is 0 Å². The molecule has 1 heterocycles. The van der Waals surface area contributed by atoms with Gasteiger partial charge in [0.05, 0.1) is 12.7 Å². The van der Waals surface area contributed by atoms with Gasteiger partial charge in [-0.25, -0.2) is 0 Å². The fourth-order valence-corrected chi connectivity index (χ4v) is 0.902. The van der Waals surface area contributed by atoms with E-state index >= 15 is 0 Å². The minimum atomic E-state index is -4.39. The van der Waals surface area contributed by atoms with Crippen LogP contribution in [0.5, 0.6) is 5.88 Å². The van der Waals surface area contributed by atoms with Crippen LogP contribution in [0.2, 0.25) is 0 Å². The first-order valence-electron chi connectivity index (χ1n) is 3.78. The van der Waals surface area contributed by atoms with Crippen LogP contribution >= 0.6 is 0 Å². The van der Waals surface area contributed by atoms with Crippen molar-refractivity contribution in [2.75, 3.05) is 19.5 Å². The van der Waals surface area contributed by atoms with Crippen LogP contribution in [0.4, 0.5) is 19.0 Å². The summed E-state index contributed by atoms with van der Waals surface area (Å²) >= 11 is 0. The summed E-state index contributed by atoms with van der Waals surface area (Å²) in [6, 6.07) is 1.77. The third kappa shape index (κ3) is 2.27. The molecule has 1 rings (SSSR count). The van der Waals surface area contributed by atoms with E-state index < -0.39 is 11.7 Å². The van der Waals surface area contributed by atoms with Gasteiger partial charge in [0, 0.05) is 13.1 Å². The monoisotopic (exact) mass is 206 g/mol. The molecule has 0 amide bonds. The van der Waals surface area contributed by atoms with Crippen molar-refractivity contribution in [3.63, 3.8) is 0 Å². The maximum Gasteiger partial charge on any atom is 0.416 e. The Bertz CT molecular complexity index is 303. The summed E-state index contributed by atoms with van der Waals surface area (Å²) in [6.07, 6.45) is -4.39. The Kier molecular flexibility index (Phi) is 2.83. The lowest BCUT2D eigenvalue weighted by atomic mass is 10.2. The van der Waals surface area contributed by atoms with Gasteiger partial charge < -0.3 is 10.1 Å². The van der Waals surface area contributed by atoms with E-state index in [4.69, 9.17) is 0 Å². The number of nitrogens with zero attached hydrogens (tertiary/aromatic N) is 1. The lowest BCUT2D eigenvalue weighted by Crippen LogP contribution is -2.07. The smallest absolute Gasteiger partial charge is 0.416 e. The number of hydrogen-bond acceptors (Lipinski definition) is 3. The average Bonchev–Trinajstić information content (AvgIpc) is 2.15. The van der Waals surface area contributed by atoms with Crippen molar-refractivity contribution in [2.24, 2.45) is 0 Å². The summed E-state index contributed by atoms with van der Waals surface area (Å²) in [5.74, 6) is 0.0563. The Morgan fingerprint density at radius 1 is 1.36 bits per heavy atom. The Morgan fingerprint density at radius 3 is 2.43 bits per heavy atom. The number of hydrogen-bond donors (Lipinski definition) is 1. The molecule has 1 aromatic heterocycles. The zero-order valence-electron chi connectivity index (χ0n) is 7.64. The van der Waals surface area contributed by atoms with Gasteiger partial charge in [0.2, 0.25) is 5.88 Å². The van der Waals surface area contributed by atoms with Gasteiger partial charge in [0.15, 0.2) is 0 Å². The van der Waals surface area contributed by atoms with Gasteiger partial charge in [-0.05, 0) is 6.07 Å². The maximum absolute atomic E-state index is 12.3. The van der Waals surface area contributed by atoms with Gasteiger partial charge in [-0.2, -0.15) is 18.2 Å². The molecule has 6 heteroatoms. The van der Waals surface area contributed by atoms with Crippen molar-refractivity contribution in [1.29, 1.82) is 0 Å². The van der Waals surface area contributed by atoms with Crippen molar-refractivity contribution < 1.29 is 17.9 Å². The standard InChI is InChI=1S/C8H9F3N2O/c1-12-6-3-5(8(9,10)11)4-7(13-6)14-2/h3-4H,1-2H3,(H,12,13). The summed E-state index contributed by atoms with van der Waals surface area (Å²) in [5.41, 5.74) is -0.784. The second kappa shape index (κ2) is 3.73. The summed E-state index contributed by atoms with van der Waals surface area (Å²) in [4.78, 5) is 3.75. The summed E-state index contributed by atoms with van der Waals surface area (Å²) < 4.78 is 41.6. The van der Waals surface area contributed by atoms with Gasteiger partial charge in [-0.3, -0.25) is 0 Å². The second-order valence-corrected chi connectivity index (χ2v) is 2.53. The maximum atomic E-state index is 12.3. The highest BCUT2D eigenvalue weighted by atomic mass is 19.4. The van der Waals surface area contributed by atoms with E-state index in [0.717, 1.165) is 12.1 Å². The molecule has 0 atom stereocenters. The van der Waals surface area contributed by atoms with Gasteiger partial charge in [0.25, 0.3) is 0 Å². The van der Waals surface area contributed by atoms with Gasteiger partial charge in [-0.15, -0.1) is 0 Å². The molecule has 3 nitrogen and oxygen atoms in total. The second-order valence-electron chi connectivity index (χ2n) is 2.53. The van der Waals surface area contributed by atoms with Crippen LogP contribution in [0.3, 0.4) is 0 Å². The molecule has 0 aromatic carbocycles. The molecule has 0 bridgehead atoms. The van der Waals surface area contributed by atoms with Gasteiger partial charge >= 0.3 is 6.18 Å². The van der Waals surface area contributed by atoms with E-state index in [0.29, 0.717) is 0 Å². The van der Waals surface area contributed by atoms with Crippen molar-refractivity contribution in [2.45, 2.75) is 6.18 Å². The fourth-order valence-electron chi connectivity index (χ4n) is 0.902. The SMILES string of the molecule is CNc1cc(C(F)(F)F)cc(OC)n1. The molecule has 0 aliphatic rings. The number of rotatable bonds is 2. The van der Waals surface area contributed by atoms with Crippen LogP contribution in [-0.2, 0) is 6.18 Å². The molecule has 78 valence electrons. The third-order valence-electron chi connectivity index (χ3n) is 1.59. The van der Waals surface area contributed by atoms with Crippen molar-refractivity contribution >= 4 is 5.82 Å². The molecule has 0 fully saturated rings. The third-order valence-corrected chi connectivity index (χ3v) is 1.59. The Hall–Kier alpha value is -1.46. The van der Waals surface area contributed by atoms with E-state index in [1.165, 1.54) is 14.2 Å². The topological polar surface area (TPSA) is 34.1 Å². The fraction of sp³-hybridized carbons (Fsp3) is 0.375. The van der Waals surface area contributed by atoms with E-state index in [-0.39, 0.29) is 11.7 Å². The predicted octanol–water partition coefficient (Wildman–Crippen LogP) is 2.15. The number of ether oxygens (including phenoxy) is 1. The first-order valence-corrected chi connectivity index (χ1v) is 3.78. The molecule has 1 N–H and O–H groups in total. The van der Waals surface area contributed by atoms with E-state index in [9.17, 15) is 13.2 Å². The molecule has 0 saturated carbocycles. The van der Waals surface area contributed by atoms with Crippen molar-refractivity contribution in [1.82, 2.24) is 4.98 Å². The molecule has 0 unspecified atom stereocenters. The van der Waals surface area contributed by atoms with E-state index in [2.05, 4.69) is 15.0 Å². The normalized spacial score (nSPS) is 11.2. The molecule has 0 aliphatic heterocycles. The zero-order chi connectivity index (χ0) is 10.8. The van der Waals surface area contributed by atoms with Crippen LogP contribution in [0.1, 0.15) is 5.56 Å². The lowest BCUT2D eigenvalue weighted by molar-refractivity contribution is -0.137. The lowest BCUT2D eigenvalue weighted by Gasteiger charge is -2.10. The highest BCUT2D eigenvalue weighted by Crippen LogP contribution is 2.32. The molecular formula is C8H9F3N2O. The molecule has 0 saturated heterocycles. The van der Waals surface area contributed by atoms with Crippen molar-refractivity contribution in [3.8, 4) is 5.88 Å². The average molecular weight is 206 g/mol. The van der Waals surface area contributed by atoms with E-state index in [1.807, 2.05) is 0 Å². The Morgan fingerprint density at radius 2 is 2.00 bits per heavy atom. The number of methoxy groups -OCH3 is 1. The molecule has 0 aliphatic carbocycles. The zero-order valence-corrected chi connectivity index (χ0v) is 7.64. The summed E-state index contributed by atoms with van der Waals surface area (Å²) in [5, 5.41) is 2.52. The number of halogens is 3. The first kappa shape index (κ1) is 10.6. The van der Waals surface area contributed by atoms with Crippen LogP contribution in [0, 0.1) is 0 Å². The van der Waals surface area contributed by atoms with Crippen LogP contribution in [-0.4, -0.2) is 19.1 Å². The van der Waals surface area contributed by atoms with Crippen molar-refractivity contribution in [3.05, 3.63) is 17.7 Å². The predicted molar refractivity (Wildman–Crippen MR) is 45.3 cm³/mol. The highest BCUT2D eigenvalue weighted by Gasteiger charge is 2.31. The highest BCUT2D eigenvalue weighted by molar-refractivity contribution is 5.41. The number of alkyl halides is 3. The van der Waals surface area contributed by atoms with Crippen LogP contribution < -0.4 is 10.1 Å². The first-order chi connectivity index (χ1) is 6.47. The molecule has 0 spiro atoms. The minimum Gasteiger partial charge on any atom is -0.481 e. The van der Waals surface area contributed by atoms with Gasteiger partial charge in [0.1, 0.15) is 5.82 Å². The number of pyridine rings is 1. The number of nitrogens with one attached hydrogen (secondary N) is 1. The van der Waals surface area contributed by atoms with Crippen LogP contribution in [0.25, 0.3) is 0 Å².